The number of rotatable bonds is 8. The molecule has 0 atom stereocenters. The van der Waals surface area contributed by atoms with Crippen LogP contribution in [0.4, 0.5) is 23.5 Å². The number of nitrogens with zero attached hydrogens (tertiary/aromatic N) is 3. The van der Waals surface area contributed by atoms with E-state index < -0.39 is 0 Å². The third-order valence-corrected chi connectivity index (χ3v) is 3.43. The third kappa shape index (κ3) is 5.84. The van der Waals surface area contributed by atoms with Crippen LogP contribution in [-0.2, 0) is 5.41 Å². The number of benzene rings is 1. The lowest BCUT2D eigenvalue weighted by atomic mass is 9.87. The van der Waals surface area contributed by atoms with Gasteiger partial charge in [-0.1, -0.05) is 32.9 Å². The molecule has 1 aromatic carbocycles. The summed E-state index contributed by atoms with van der Waals surface area (Å²) in [6.07, 6.45) is 0. The fourth-order valence-electron chi connectivity index (χ4n) is 2.11. The van der Waals surface area contributed by atoms with Gasteiger partial charge in [0.15, 0.2) is 0 Å². The first-order valence-electron chi connectivity index (χ1n) is 8.25. The molecule has 0 unspecified atom stereocenters. The zero-order valence-electron chi connectivity index (χ0n) is 14.9. The van der Waals surface area contributed by atoms with E-state index in [2.05, 4.69) is 63.8 Å². The van der Waals surface area contributed by atoms with Crippen molar-refractivity contribution >= 4 is 23.5 Å². The van der Waals surface area contributed by atoms with Crippen LogP contribution in [0.3, 0.4) is 0 Å². The average molecular weight is 346 g/mol. The first kappa shape index (κ1) is 18.9. The van der Waals surface area contributed by atoms with Crippen molar-refractivity contribution in [3.05, 3.63) is 29.8 Å². The second-order valence-corrected chi connectivity index (χ2v) is 6.56. The van der Waals surface area contributed by atoms with E-state index in [9.17, 15) is 0 Å². The van der Waals surface area contributed by atoms with Crippen molar-refractivity contribution in [2.45, 2.75) is 26.2 Å². The van der Waals surface area contributed by atoms with Gasteiger partial charge in [-0.2, -0.15) is 15.0 Å². The summed E-state index contributed by atoms with van der Waals surface area (Å²) in [6, 6.07) is 8.09. The van der Waals surface area contributed by atoms with Gasteiger partial charge in [-0.25, -0.2) is 0 Å². The molecule has 1 heterocycles. The fraction of sp³-hybridized carbons (Fsp3) is 0.471. The number of hydrogen-bond donors (Lipinski definition) is 5. The summed E-state index contributed by atoms with van der Waals surface area (Å²) in [5.74, 6) is 1.07. The highest BCUT2D eigenvalue weighted by Gasteiger charge is 2.13. The molecule has 1 aromatic heterocycles. The van der Waals surface area contributed by atoms with Gasteiger partial charge in [0.1, 0.15) is 0 Å². The van der Waals surface area contributed by atoms with E-state index in [0.717, 1.165) is 5.69 Å². The normalized spacial score (nSPS) is 11.2. The standard InChI is InChI=1S/C17H26N6O2/c1-17(2,3)12-4-6-13(7-5-12)20-16-22-14(18-8-10-24)21-15(23-16)19-9-11-25/h4-7,24-25H,8-11H2,1-3H3,(H3,18,19,20,21,22,23). The first-order chi connectivity index (χ1) is 11.9. The highest BCUT2D eigenvalue weighted by atomic mass is 16.3. The minimum Gasteiger partial charge on any atom is -0.395 e. The molecule has 2 rings (SSSR count). The Kier molecular flexibility index (Phi) is 6.49. The molecular formula is C17H26N6O2. The average Bonchev–Trinajstić information content (AvgIpc) is 2.58. The molecule has 0 saturated carbocycles. The van der Waals surface area contributed by atoms with Gasteiger partial charge in [-0.3, -0.25) is 0 Å². The van der Waals surface area contributed by atoms with Crippen LogP contribution in [0.1, 0.15) is 26.3 Å². The molecule has 0 saturated heterocycles. The van der Waals surface area contributed by atoms with Gasteiger partial charge >= 0.3 is 0 Å². The molecule has 0 aliphatic heterocycles. The van der Waals surface area contributed by atoms with Gasteiger partial charge in [-0.05, 0) is 23.1 Å². The van der Waals surface area contributed by atoms with Crippen LogP contribution in [-0.4, -0.2) is 51.5 Å². The highest BCUT2D eigenvalue weighted by Crippen LogP contribution is 2.24. The summed E-state index contributed by atoms with van der Waals surface area (Å²) in [7, 11) is 0. The van der Waals surface area contributed by atoms with Crippen LogP contribution < -0.4 is 16.0 Å². The van der Waals surface area contributed by atoms with Crippen molar-refractivity contribution in [3.63, 3.8) is 0 Å². The van der Waals surface area contributed by atoms with Crippen molar-refractivity contribution in [3.8, 4) is 0 Å². The molecule has 5 N–H and O–H groups in total. The Morgan fingerprint density at radius 3 is 1.72 bits per heavy atom. The van der Waals surface area contributed by atoms with Crippen LogP contribution >= 0.6 is 0 Å². The maximum atomic E-state index is 8.94. The largest absolute Gasteiger partial charge is 0.395 e. The van der Waals surface area contributed by atoms with E-state index in [1.807, 2.05) is 12.1 Å². The molecule has 0 radical (unpaired) electrons. The molecule has 8 nitrogen and oxygen atoms in total. The van der Waals surface area contributed by atoms with E-state index in [1.165, 1.54) is 5.56 Å². The van der Waals surface area contributed by atoms with E-state index in [4.69, 9.17) is 10.2 Å². The summed E-state index contributed by atoms with van der Waals surface area (Å²) in [4.78, 5) is 12.8. The topological polar surface area (TPSA) is 115 Å². The maximum Gasteiger partial charge on any atom is 0.233 e. The summed E-state index contributed by atoms with van der Waals surface area (Å²) in [5, 5.41) is 26.8. The van der Waals surface area contributed by atoms with E-state index in [-0.39, 0.29) is 18.6 Å². The van der Waals surface area contributed by atoms with Crippen LogP contribution in [0.15, 0.2) is 24.3 Å². The van der Waals surface area contributed by atoms with Gasteiger partial charge in [0, 0.05) is 18.8 Å². The Hall–Kier alpha value is -2.45. The first-order valence-corrected chi connectivity index (χ1v) is 8.25. The fourth-order valence-corrected chi connectivity index (χ4v) is 2.11. The predicted molar refractivity (Wildman–Crippen MR) is 99.4 cm³/mol. The van der Waals surface area contributed by atoms with Gasteiger partial charge in [0.2, 0.25) is 17.8 Å². The zero-order valence-corrected chi connectivity index (χ0v) is 14.9. The van der Waals surface area contributed by atoms with Gasteiger partial charge in [0.05, 0.1) is 13.2 Å². The molecule has 0 spiro atoms. The molecule has 8 heteroatoms. The third-order valence-electron chi connectivity index (χ3n) is 3.43. The van der Waals surface area contributed by atoms with Gasteiger partial charge < -0.3 is 26.2 Å². The van der Waals surface area contributed by atoms with Crippen LogP contribution in [0.5, 0.6) is 0 Å². The lowest BCUT2D eigenvalue weighted by Gasteiger charge is -2.19. The number of anilines is 4. The number of aromatic nitrogens is 3. The molecule has 25 heavy (non-hydrogen) atoms. The molecular weight excluding hydrogens is 320 g/mol. The van der Waals surface area contributed by atoms with Crippen molar-refractivity contribution in [1.82, 2.24) is 15.0 Å². The van der Waals surface area contributed by atoms with E-state index in [0.29, 0.717) is 30.9 Å². The summed E-state index contributed by atoms with van der Waals surface area (Å²) in [5.41, 5.74) is 2.19. The van der Waals surface area contributed by atoms with E-state index in [1.54, 1.807) is 0 Å². The number of aliphatic hydroxyl groups is 2. The van der Waals surface area contributed by atoms with Gasteiger partial charge in [-0.15, -0.1) is 0 Å². The lowest BCUT2D eigenvalue weighted by molar-refractivity contribution is 0.310. The minimum absolute atomic E-state index is 0.0257. The van der Waals surface area contributed by atoms with E-state index >= 15 is 0 Å². The molecule has 2 aromatic rings. The van der Waals surface area contributed by atoms with Crippen molar-refractivity contribution in [1.29, 1.82) is 0 Å². The Morgan fingerprint density at radius 2 is 1.28 bits per heavy atom. The monoisotopic (exact) mass is 346 g/mol. The molecule has 0 amide bonds. The summed E-state index contributed by atoms with van der Waals surface area (Å²) in [6.45, 7) is 7.12. The Labute approximate surface area is 147 Å². The van der Waals surface area contributed by atoms with Crippen LogP contribution in [0.25, 0.3) is 0 Å². The zero-order chi connectivity index (χ0) is 18.3. The lowest BCUT2D eigenvalue weighted by Crippen LogP contribution is -2.15. The minimum atomic E-state index is -0.0257. The van der Waals surface area contributed by atoms with Crippen LogP contribution in [0, 0.1) is 0 Å². The molecule has 0 fully saturated rings. The van der Waals surface area contributed by atoms with Crippen molar-refractivity contribution in [2.24, 2.45) is 0 Å². The summed E-state index contributed by atoms with van der Waals surface area (Å²) >= 11 is 0. The quantitative estimate of drug-likeness (QED) is 0.491. The molecule has 136 valence electrons. The highest BCUT2D eigenvalue weighted by molar-refractivity contribution is 5.56. The number of aliphatic hydroxyl groups excluding tert-OH is 2. The summed E-state index contributed by atoms with van der Waals surface area (Å²) < 4.78 is 0. The second kappa shape index (κ2) is 8.59. The smallest absolute Gasteiger partial charge is 0.233 e. The van der Waals surface area contributed by atoms with Crippen molar-refractivity contribution in [2.75, 3.05) is 42.3 Å². The Balaban J connectivity index is 2.18. The SMILES string of the molecule is CC(C)(C)c1ccc(Nc2nc(NCCO)nc(NCCO)n2)cc1. The second-order valence-electron chi connectivity index (χ2n) is 6.56. The van der Waals surface area contributed by atoms with Crippen molar-refractivity contribution < 1.29 is 10.2 Å². The maximum absolute atomic E-state index is 8.94. The molecule has 0 bridgehead atoms. The number of nitrogens with one attached hydrogen (secondary N) is 3. The predicted octanol–water partition coefficient (Wildman–Crippen LogP) is 1.72. The Morgan fingerprint density at radius 1 is 0.800 bits per heavy atom. The molecule has 0 aliphatic carbocycles. The number of hydrogen-bond acceptors (Lipinski definition) is 8. The van der Waals surface area contributed by atoms with Gasteiger partial charge in [0.25, 0.3) is 0 Å². The Bertz CT molecular complexity index is 644. The molecule has 0 aliphatic rings. The van der Waals surface area contributed by atoms with Crippen LogP contribution in [0.2, 0.25) is 0 Å².